The third-order valence-corrected chi connectivity index (χ3v) is 4.11. The summed E-state index contributed by atoms with van der Waals surface area (Å²) in [6.07, 6.45) is 2.74. The molecule has 23 heavy (non-hydrogen) atoms. The number of hydrogen-bond acceptors (Lipinski definition) is 4. The smallest absolute Gasteiger partial charge is 0.253 e. The molecule has 0 spiro atoms. The van der Waals surface area contributed by atoms with Crippen molar-refractivity contribution < 1.29 is 14.3 Å². The predicted octanol–water partition coefficient (Wildman–Crippen LogP) is 1.58. The first kappa shape index (κ1) is 17.7. The average molecular weight is 322 g/mol. The van der Waals surface area contributed by atoms with Gasteiger partial charge in [0.1, 0.15) is 6.10 Å². The van der Waals surface area contributed by atoms with E-state index in [1.54, 1.807) is 6.92 Å². The topological polar surface area (TPSA) is 80.4 Å². The number of ether oxygens (including phenoxy) is 2. The minimum Gasteiger partial charge on any atom is -0.376 e. The van der Waals surface area contributed by atoms with Crippen LogP contribution < -0.4 is 10.9 Å². The van der Waals surface area contributed by atoms with Gasteiger partial charge in [0.15, 0.2) is 0 Å². The van der Waals surface area contributed by atoms with E-state index >= 15 is 0 Å². The Balaban J connectivity index is 1.81. The number of rotatable bonds is 6. The molecule has 1 aliphatic rings. The van der Waals surface area contributed by atoms with Crippen LogP contribution in [0.1, 0.15) is 43.0 Å². The van der Waals surface area contributed by atoms with E-state index in [9.17, 15) is 9.59 Å². The van der Waals surface area contributed by atoms with Gasteiger partial charge in [0.2, 0.25) is 5.91 Å². The summed E-state index contributed by atoms with van der Waals surface area (Å²) in [7, 11) is 0. The lowest BCUT2D eigenvalue weighted by Gasteiger charge is -2.23. The predicted molar refractivity (Wildman–Crippen MR) is 87.4 cm³/mol. The number of aromatic nitrogens is 1. The monoisotopic (exact) mass is 322 g/mol. The molecule has 6 heteroatoms. The fourth-order valence-corrected chi connectivity index (χ4v) is 2.69. The van der Waals surface area contributed by atoms with Crippen LogP contribution in [0.2, 0.25) is 0 Å². The standard InChI is InChI=1S/C17H26N2O4/c1-11-8-12(2)19-17(21)15(11)9-18-16(20)13(3)23-10-14-6-4-5-7-22-14/h8,13-14H,4-7,9-10H2,1-3H3,(H,18,20)(H,19,21)/t13-,14+/m1/s1. The molecule has 1 aliphatic heterocycles. The van der Waals surface area contributed by atoms with Crippen molar-refractivity contribution in [3.05, 3.63) is 33.2 Å². The lowest BCUT2D eigenvalue weighted by Crippen LogP contribution is -2.37. The summed E-state index contributed by atoms with van der Waals surface area (Å²) in [6.45, 7) is 6.81. The van der Waals surface area contributed by atoms with Gasteiger partial charge in [-0.3, -0.25) is 9.59 Å². The Morgan fingerprint density at radius 3 is 2.91 bits per heavy atom. The van der Waals surface area contributed by atoms with Crippen molar-refractivity contribution in [1.29, 1.82) is 0 Å². The summed E-state index contributed by atoms with van der Waals surface area (Å²) in [6, 6.07) is 1.89. The van der Waals surface area contributed by atoms with Crippen molar-refractivity contribution in [2.75, 3.05) is 13.2 Å². The van der Waals surface area contributed by atoms with E-state index in [1.807, 2.05) is 19.9 Å². The zero-order valence-corrected chi connectivity index (χ0v) is 14.1. The molecule has 0 aromatic carbocycles. The third kappa shape index (κ3) is 5.18. The molecule has 1 aromatic rings. The second kappa shape index (κ2) is 8.26. The molecule has 0 saturated carbocycles. The number of pyridine rings is 1. The van der Waals surface area contributed by atoms with Crippen molar-refractivity contribution in [3.8, 4) is 0 Å². The van der Waals surface area contributed by atoms with E-state index in [0.717, 1.165) is 37.1 Å². The molecule has 2 heterocycles. The van der Waals surface area contributed by atoms with Gasteiger partial charge in [-0.2, -0.15) is 0 Å². The molecular weight excluding hydrogens is 296 g/mol. The van der Waals surface area contributed by atoms with E-state index in [4.69, 9.17) is 9.47 Å². The fourth-order valence-electron chi connectivity index (χ4n) is 2.69. The molecule has 2 rings (SSSR count). The number of carbonyl (C=O) groups is 1. The maximum Gasteiger partial charge on any atom is 0.253 e. The molecule has 0 aliphatic carbocycles. The number of amides is 1. The minimum atomic E-state index is -0.564. The van der Waals surface area contributed by atoms with E-state index in [-0.39, 0.29) is 24.1 Å². The zero-order chi connectivity index (χ0) is 16.8. The van der Waals surface area contributed by atoms with Crippen LogP contribution in [-0.2, 0) is 20.8 Å². The van der Waals surface area contributed by atoms with Gasteiger partial charge in [0.05, 0.1) is 12.7 Å². The SMILES string of the molecule is Cc1cc(C)c(CNC(=O)[C@@H](C)OC[C@@H]2CCCCO2)c(=O)[nH]1. The number of aryl methyl sites for hydroxylation is 2. The molecule has 2 N–H and O–H groups in total. The van der Waals surface area contributed by atoms with Crippen molar-refractivity contribution in [2.45, 2.75) is 58.8 Å². The highest BCUT2D eigenvalue weighted by atomic mass is 16.5. The lowest BCUT2D eigenvalue weighted by molar-refractivity contribution is -0.135. The summed E-state index contributed by atoms with van der Waals surface area (Å²) in [5.41, 5.74) is 2.10. The lowest BCUT2D eigenvalue weighted by atomic mass is 10.1. The maximum absolute atomic E-state index is 12.1. The van der Waals surface area contributed by atoms with Crippen LogP contribution in [0.25, 0.3) is 0 Å². The van der Waals surface area contributed by atoms with E-state index in [1.165, 1.54) is 0 Å². The van der Waals surface area contributed by atoms with Gasteiger partial charge in [-0.25, -0.2) is 0 Å². The number of nitrogens with one attached hydrogen (secondary N) is 2. The number of aromatic amines is 1. The Labute approximate surface area is 136 Å². The summed E-state index contributed by atoms with van der Waals surface area (Å²) in [5, 5.41) is 2.76. The molecule has 1 fully saturated rings. The molecular formula is C17H26N2O4. The number of H-pyrrole nitrogens is 1. The Hall–Kier alpha value is -1.66. The quantitative estimate of drug-likeness (QED) is 0.833. The third-order valence-electron chi connectivity index (χ3n) is 4.11. The summed E-state index contributed by atoms with van der Waals surface area (Å²) < 4.78 is 11.2. The minimum absolute atomic E-state index is 0.0844. The van der Waals surface area contributed by atoms with E-state index in [2.05, 4.69) is 10.3 Å². The highest BCUT2D eigenvalue weighted by Crippen LogP contribution is 2.13. The summed E-state index contributed by atoms with van der Waals surface area (Å²) >= 11 is 0. The van der Waals surface area contributed by atoms with Gasteiger partial charge in [-0.15, -0.1) is 0 Å². The molecule has 128 valence electrons. The Morgan fingerprint density at radius 1 is 1.48 bits per heavy atom. The van der Waals surface area contributed by atoms with E-state index in [0.29, 0.717) is 12.2 Å². The van der Waals surface area contributed by atoms with Crippen molar-refractivity contribution in [2.24, 2.45) is 0 Å². The molecule has 2 atom stereocenters. The van der Waals surface area contributed by atoms with Crippen LogP contribution >= 0.6 is 0 Å². The Morgan fingerprint density at radius 2 is 2.26 bits per heavy atom. The summed E-state index contributed by atoms with van der Waals surface area (Å²) in [5.74, 6) is -0.222. The van der Waals surface area contributed by atoms with Crippen molar-refractivity contribution >= 4 is 5.91 Å². The molecule has 6 nitrogen and oxygen atoms in total. The first-order valence-corrected chi connectivity index (χ1v) is 8.17. The Kier molecular flexibility index (Phi) is 6.36. The first-order valence-electron chi connectivity index (χ1n) is 8.17. The highest BCUT2D eigenvalue weighted by Gasteiger charge is 2.19. The van der Waals surface area contributed by atoms with Gasteiger partial charge in [0, 0.05) is 24.4 Å². The molecule has 1 aromatic heterocycles. The van der Waals surface area contributed by atoms with Crippen LogP contribution in [0, 0.1) is 13.8 Å². The highest BCUT2D eigenvalue weighted by molar-refractivity contribution is 5.80. The second-order valence-corrected chi connectivity index (χ2v) is 6.12. The number of carbonyl (C=O) groups excluding carboxylic acids is 1. The van der Waals surface area contributed by atoms with Crippen LogP contribution in [0.4, 0.5) is 0 Å². The molecule has 0 unspecified atom stereocenters. The van der Waals surface area contributed by atoms with Gasteiger partial charge in [0.25, 0.3) is 5.56 Å². The number of hydrogen-bond donors (Lipinski definition) is 2. The molecule has 1 saturated heterocycles. The summed E-state index contributed by atoms with van der Waals surface area (Å²) in [4.78, 5) is 26.8. The van der Waals surface area contributed by atoms with Crippen LogP contribution in [0.5, 0.6) is 0 Å². The van der Waals surface area contributed by atoms with Crippen molar-refractivity contribution in [3.63, 3.8) is 0 Å². The molecule has 1 amide bonds. The van der Waals surface area contributed by atoms with Gasteiger partial charge < -0.3 is 19.8 Å². The Bertz CT molecular complexity index is 591. The van der Waals surface area contributed by atoms with E-state index < -0.39 is 6.10 Å². The fraction of sp³-hybridized carbons (Fsp3) is 0.647. The van der Waals surface area contributed by atoms with Gasteiger partial charge in [-0.05, 0) is 51.7 Å². The van der Waals surface area contributed by atoms with Crippen LogP contribution in [0.15, 0.2) is 10.9 Å². The second-order valence-electron chi connectivity index (χ2n) is 6.12. The van der Waals surface area contributed by atoms with Crippen LogP contribution in [-0.4, -0.2) is 36.3 Å². The maximum atomic E-state index is 12.1. The van der Waals surface area contributed by atoms with Gasteiger partial charge >= 0.3 is 0 Å². The zero-order valence-electron chi connectivity index (χ0n) is 14.1. The largest absolute Gasteiger partial charge is 0.376 e. The molecule has 0 bridgehead atoms. The molecule has 0 radical (unpaired) electrons. The van der Waals surface area contributed by atoms with Crippen molar-refractivity contribution in [1.82, 2.24) is 10.3 Å². The normalized spacial score (nSPS) is 19.3. The first-order chi connectivity index (χ1) is 11.0. The van der Waals surface area contributed by atoms with Gasteiger partial charge in [-0.1, -0.05) is 0 Å². The average Bonchev–Trinajstić information content (AvgIpc) is 2.52. The van der Waals surface area contributed by atoms with Crippen LogP contribution in [0.3, 0.4) is 0 Å².